The van der Waals surface area contributed by atoms with Crippen molar-refractivity contribution in [1.29, 1.82) is 0 Å². The molecule has 0 aromatic heterocycles. The Kier molecular flexibility index (Phi) is 5.25. The van der Waals surface area contributed by atoms with Crippen LogP contribution in [-0.4, -0.2) is 23.4 Å². The minimum absolute atomic E-state index is 0.256. The highest BCUT2D eigenvalue weighted by molar-refractivity contribution is 5.79. The molecule has 2 aromatic carbocycles. The summed E-state index contributed by atoms with van der Waals surface area (Å²) < 4.78 is 0. The molecular formula is C21H23NO. The normalized spacial score (nSPS) is 17.7. The zero-order valence-corrected chi connectivity index (χ0v) is 13.4. The summed E-state index contributed by atoms with van der Waals surface area (Å²) in [4.78, 5) is 14.6. The van der Waals surface area contributed by atoms with Gasteiger partial charge < -0.3 is 4.90 Å². The van der Waals surface area contributed by atoms with Crippen LogP contribution >= 0.6 is 0 Å². The van der Waals surface area contributed by atoms with Crippen molar-refractivity contribution in [2.45, 2.75) is 31.7 Å². The summed E-state index contributed by atoms with van der Waals surface area (Å²) in [6, 6.07) is 20.7. The number of carbonyl (C=O) groups excluding carboxylic acids is 1. The van der Waals surface area contributed by atoms with Gasteiger partial charge in [0.1, 0.15) is 0 Å². The van der Waals surface area contributed by atoms with E-state index in [1.165, 1.54) is 5.56 Å². The number of hydrogen-bond acceptors (Lipinski definition) is 1. The van der Waals surface area contributed by atoms with Gasteiger partial charge in [-0.1, -0.05) is 72.8 Å². The summed E-state index contributed by atoms with van der Waals surface area (Å²) in [6.45, 7) is 0.898. The molecule has 2 aromatic rings. The van der Waals surface area contributed by atoms with Gasteiger partial charge in [0.25, 0.3) is 0 Å². The second kappa shape index (κ2) is 7.77. The number of rotatable bonds is 5. The maximum absolute atomic E-state index is 12.6. The average Bonchev–Trinajstić information content (AvgIpc) is 3.05. The van der Waals surface area contributed by atoms with Crippen molar-refractivity contribution in [3.8, 4) is 0 Å². The fourth-order valence-corrected chi connectivity index (χ4v) is 3.21. The lowest BCUT2D eigenvalue weighted by Crippen LogP contribution is -2.36. The molecule has 0 bridgehead atoms. The van der Waals surface area contributed by atoms with Gasteiger partial charge >= 0.3 is 0 Å². The Morgan fingerprint density at radius 2 is 1.74 bits per heavy atom. The lowest BCUT2D eigenvalue weighted by molar-refractivity contribution is -0.131. The molecule has 1 heterocycles. The third-order valence-electron chi connectivity index (χ3n) is 4.41. The summed E-state index contributed by atoms with van der Waals surface area (Å²) in [6.07, 6.45) is 8.03. The molecular weight excluding hydrogens is 282 g/mol. The Morgan fingerprint density at radius 3 is 2.48 bits per heavy atom. The molecule has 1 amide bonds. The molecule has 1 atom stereocenters. The van der Waals surface area contributed by atoms with E-state index in [4.69, 9.17) is 0 Å². The molecule has 2 nitrogen and oxygen atoms in total. The summed E-state index contributed by atoms with van der Waals surface area (Å²) in [5, 5.41) is 0. The summed E-state index contributed by atoms with van der Waals surface area (Å²) in [5.74, 6) is 0.256. The molecule has 1 unspecified atom stereocenters. The molecule has 0 spiro atoms. The molecule has 2 heteroatoms. The van der Waals surface area contributed by atoms with Crippen LogP contribution in [0, 0.1) is 0 Å². The van der Waals surface area contributed by atoms with Crippen LogP contribution in [0.5, 0.6) is 0 Å². The lowest BCUT2D eigenvalue weighted by atomic mass is 10.1. The molecule has 0 radical (unpaired) electrons. The van der Waals surface area contributed by atoms with E-state index in [1.807, 2.05) is 48.5 Å². The maximum atomic E-state index is 12.6. The SMILES string of the molecule is O=C(Cc1ccccc1)N1CCCC1C/C=C/c1ccccc1. The fraction of sp³-hybridized carbons (Fsp3) is 0.286. The predicted molar refractivity (Wildman–Crippen MR) is 95.0 cm³/mol. The monoisotopic (exact) mass is 305 g/mol. The Balaban J connectivity index is 1.57. The molecule has 118 valence electrons. The van der Waals surface area contributed by atoms with E-state index in [2.05, 4.69) is 29.2 Å². The largest absolute Gasteiger partial charge is 0.339 e. The first kappa shape index (κ1) is 15.5. The van der Waals surface area contributed by atoms with Gasteiger partial charge in [0.05, 0.1) is 6.42 Å². The van der Waals surface area contributed by atoms with Gasteiger partial charge in [0.2, 0.25) is 5.91 Å². The smallest absolute Gasteiger partial charge is 0.227 e. The van der Waals surface area contributed by atoms with Crippen LogP contribution in [0.3, 0.4) is 0 Å². The van der Waals surface area contributed by atoms with Crippen LogP contribution in [0.15, 0.2) is 66.7 Å². The molecule has 23 heavy (non-hydrogen) atoms. The van der Waals surface area contributed by atoms with Crippen LogP contribution in [0.2, 0.25) is 0 Å². The van der Waals surface area contributed by atoms with E-state index in [-0.39, 0.29) is 5.91 Å². The Hall–Kier alpha value is -2.35. The second-order valence-corrected chi connectivity index (χ2v) is 6.09. The Morgan fingerprint density at radius 1 is 1.04 bits per heavy atom. The Bertz CT molecular complexity index is 648. The minimum Gasteiger partial charge on any atom is -0.339 e. The fourth-order valence-electron chi connectivity index (χ4n) is 3.21. The molecule has 3 rings (SSSR count). The zero-order chi connectivity index (χ0) is 15.9. The number of amides is 1. The lowest BCUT2D eigenvalue weighted by Gasteiger charge is -2.24. The van der Waals surface area contributed by atoms with Gasteiger partial charge in [-0.3, -0.25) is 4.79 Å². The first-order chi connectivity index (χ1) is 11.3. The van der Waals surface area contributed by atoms with Crippen LogP contribution in [0.4, 0.5) is 0 Å². The molecule has 0 saturated carbocycles. The number of likely N-dealkylation sites (tertiary alicyclic amines) is 1. The number of carbonyl (C=O) groups is 1. The zero-order valence-electron chi connectivity index (χ0n) is 13.4. The van der Waals surface area contributed by atoms with Crippen molar-refractivity contribution in [3.63, 3.8) is 0 Å². The minimum atomic E-state index is 0.256. The van der Waals surface area contributed by atoms with Gasteiger partial charge in [-0.15, -0.1) is 0 Å². The highest BCUT2D eigenvalue weighted by Gasteiger charge is 2.27. The highest BCUT2D eigenvalue weighted by atomic mass is 16.2. The van der Waals surface area contributed by atoms with Crippen molar-refractivity contribution < 1.29 is 4.79 Å². The number of nitrogens with zero attached hydrogens (tertiary/aromatic N) is 1. The van der Waals surface area contributed by atoms with Crippen LogP contribution in [0.25, 0.3) is 6.08 Å². The first-order valence-electron chi connectivity index (χ1n) is 8.38. The van der Waals surface area contributed by atoms with E-state index in [0.717, 1.165) is 31.4 Å². The van der Waals surface area contributed by atoms with E-state index in [1.54, 1.807) is 0 Å². The van der Waals surface area contributed by atoms with Gasteiger partial charge in [0, 0.05) is 12.6 Å². The Labute approximate surface area is 138 Å². The standard InChI is InChI=1S/C21H23NO/c23-21(17-19-11-5-2-6-12-19)22-16-8-15-20(22)14-7-13-18-9-3-1-4-10-18/h1-7,9-13,20H,8,14-17H2/b13-7+. The molecule has 1 fully saturated rings. The van der Waals surface area contributed by atoms with Gasteiger partial charge in [-0.25, -0.2) is 0 Å². The summed E-state index contributed by atoms with van der Waals surface area (Å²) in [7, 11) is 0. The van der Waals surface area contributed by atoms with Gasteiger partial charge in [0.15, 0.2) is 0 Å². The van der Waals surface area contributed by atoms with Crippen LogP contribution in [0.1, 0.15) is 30.4 Å². The average molecular weight is 305 g/mol. The predicted octanol–water partition coefficient (Wildman–Crippen LogP) is 4.32. The first-order valence-corrected chi connectivity index (χ1v) is 8.38. The number of hydrogen-bond donors (Lipinski definition) is 0. The summed E-state index contributed by atoms with van der Waals surface area (Å²) >= 11 is 0. The molecule has 1 aliphatic heterocycles. The molecule has 1 saturated heterocycles. The van der Waals surface area contributed by atoms with Gasteiger partial charge in [-0.05, 0) is 30.4 Å². The third kappa shape index (κ3) is 4.32. The topological polar surface area (TPSA) is 20.3 Å². The number of benzene rings is 2. The molecule has 0 N–H and O–H groups in total. The van der Waals surface area contributed by atoms with Crippen molar-refractivity contribution in [2.24, 2.45) is 0 Å². The molecule has 1 aliphatic rings. The highest BCUT2D eigenvalue weighted by Crippen LogP contribution is 2.22. The van der Waals surface area contributed by atoms with Crippen LogP contribution in [-0.2, 0) is 11.2 Å². The molecule has 0 aliphatic carbocycles. The van der Waals surface area contributed by atoms with Crippen molar-refractivity contribution in [3.05, 3.63) is 77.9 Å². The van der Waals surface area contributed by atoms with Crippen molar-refractivity contribution in [2.75, 3.05) is 6.54 Å². The van der Waals surface area contributed by atoms with E-state index in [9.17, 15) is 4.79 Å². The third-order valence-corrected chi connectivity index (χ3v) is 4.41. The van der Waals surface area contributed by atoms with Crippen molar-refractivity contribution in [1.82, 2.24) is 4.90 Å². The summed E-state index contributed by atoms with van der Waals surface area (Å²) in [5.41, 5.74) is 2.32. The quantitative estimate of drug-likeness (QED) is 0.805. The van der Waals surface area contributed by atoms with E-state index < -0.39 is 0 Å². The van der Waals surface area contributed by atoms with Crippen molar-refractivity contribution >= 4 is 12.0 Å². The van der Waals surface area contributed by atoms with Crippen LogP contribution < -0.4 is 0 Å². The maximum Gasteiger partial charge on any atom is 0.227 e. The van der Waals surface area contributed by atoms with E-state index in [0.29, 0.717) is 12.5 Å². The van der Waals surface area contributed by atoms with Gasteiger partial charge in [-0.2, -0.15) is 0 Å². The second-order valence-electron chi connectivity index (χ2n) is 6.09. The van der Waals surface area contributed by atoms with E-state index >= 15 is 0 Å².